The summed E-state index contributed by atoms with van der Waals surface area (Å²) in [7, 11) is -2.25. The molecule has 0 radical (unpaired) electrons. The van der Waals surface area contributed by atoms with Crippen molar-refractivity contribution in [3.05, 3.63) is 71.5 Å². The van der Waals surface area contributed by atoms with E-state index < -0.39 is 10.0 Å². The zero-order valence-corrected chi connectivity index (χ0v) is 16.9. The first-order valence-electron chi connectivity index (χ1n) is 9.48. The summed E-state index contributed by atoms with van der Waals surface area (Å²) >= 11 is 0. The normalized spacial score (nSPS) is 13.6. The Morgan fingerprint density at radius 1 is 1.07 bits per heavy atom. The van der Waals surface area contributed by atoms with Gasteiger partial charge in [-0.3, -0.25) is 14.2 Å². The smallest absolute Gasteiger partial charge is 0.276 e. The van der Waals surface area contributed by atoms with E-state index in [2.05, 4.69) is 15.5 Å². The highest BCUT2D eigenvalue weighted by Gasteiger charge is 2.24. The maximum absolute atomic E-state index is 13.0. The summed E-state index contributed by atoms with van der Waals surface area (Å²) in [5.41, 5.74) is 3.33. The molecule has 1 aliphatic carbocycles. The van der Waals surface area contributed by atoms with Gasteiger partial charge in [-0.2, -0.15) is 5.10 Å². The molecule has 0 saturated heterocycles. The van der Waals surface area contributed by atoms with Crippen molar-refractivity contribution in [2.45, 2.75) is 30.6 Å². The third-order valence-corrected chi connectivity index (χ3v) is 6.92. The van der Waals surface area contributed by atoms with E-state index in [1.54, 1.807) is 36.4 Å². The van der Waals surface area contributed by atoms with Crippen LogP contribution in [0.1, 0.15) is 34.6 Å². The third-order valence-electron chi connectivity index (χ3n) is 5.14. The van der Waals surface area contributed by atoms with Gasteiger partial charge >= 0.3 is 0 Å². The maximum atomic E-state index is 13.0. The Morgan fingerprint density at radius 3 is 2.62 bits per heavy atom. The van der Waals surface area contributed by atoms with Crippen LogP contribution in [0.2, 0.25) is 0 Å². The molecule has 1 aromatic heterocycles. The first-order valence-corrected chi connectivity index (χ1v) is 10.9. The summed E-state index contributed by atoms with van der Waals surface area (Å²) in [6, 6.07) is 15.1. The molecular formula is C21H22N4O3S. The number of aromatic amines is 1. The lowest BCUT2D eigenvalue weighted by atomic mass is 9.96. The minimum atomic E-state index is -3.76. The van der Waals surface area contributed by atoms with Gasteiger partial charge in [0, 0.05) is 24.0 Å². The fraction of sp³-hybridized carbons (Fsp3) is 0.238. The molecule has 29 heavy (non-hydrogen) atoms. The minimum absolute atomic E-state index is 0.103. The lowest BCUT2D eigenvalue weighted by Crippen LogP contribution is -2.26. The molecule has 1 amide bonds. The van der Waals surface area contributed by atoms with Crippen LogP contribution in [-0.4, -0.2) is 31.6 Å². The van der Waals surface area contributed by atoms with Crippen molar-refractivity contribution in [1.29, 1.82) is 0 Å². The van der Waals surface area contributed by atoms with Crippen molar-refractivity contribution in [2.24, 2.45) is 0 Å². The van der Waals surface area contributed by atoms with Crippen LogP contribution in [0.15, 0.2) is 59.5 Å². The van der Waals surface area contributed by atoms with Crippen LogP contribution >= 0.6 is 0 Å². The summed E-state index contributed by atoms with van der Waals surface area (Å²) in [5, 5.41) is 9.90. The Labute approximate surface area is 169 Å². The highest BCUT2D eigenvalue weighted by molar-refractivity contribution is 7.92. The number of benzene rings is 2. The standard InChI is InChI=1S/C21H22N4O3S/c1-25(16-9-3-2-4-10-16)29(27,28)17-11-7-8-15(14-17)22-21(26)20-18-12-5-6-13-19(18)23-24-20/h2-4,7-11,14H,5-6,12-13H2,1H3,(H,22,26)(H,23,24). The molecule has 0 aliphatic heterocycles. The summed E-state index contributed by atoms with van der Waals surface area (Å²) in [6.45, 7) is 0. The zero-order chi connectivity index (χ0) is 20.4. The predicted octanol–water partition coefficient (Wildman–Crippen LogP) is 3.37. The SMILES string of the molecule is CN(c1ccccc1)S(=O)(=O)c1cccc(NC(=O)c2n[nH]c3c2CCCC3)c1. The predicted molar refractivity (Wildman–Crippen MR) is 112 cm³/mol. The average molecular weight is 410 g/mol. The van der Waals surface area contributed by atoms with E-state index in [0.717, 1.165) is 36.9 Å². The Kier molecular flexibility index (Phi) is 5.10. The van der Waals surface area contributed by atoms with Gasteiger partial charge in [-0.1, -0.05) is 24.3 Å². The van der Waals surface area contributed by atoms with E-state index in [9.17, 15) is 13.2 Å². The summed E-state index contributed by atoms with van der Waals surface area (Å²) in [6.07, 6.45) is 3.84. The number of nitrogens with one attached hydrogen (secondary N) is 2. The number of hydrogen-bond donors (Lipinski definition) is 2. The number of hydrogen-bond acceptors (Lipinski definition) is 4. The zero-order valence-electron chi connectivity index (χ0n) is 16.1. The molecule has 0 spiro atoms. The molecule has 0 saturated carbocycles. The van der Waals surface area contributed by atoms with Crippen LogP contribution in [0.3, 0.4) is 0 Å². The van der Waals surface area contributed by atoms with Crippen molar-refractivity contribution in [1.82, 2.24) is 10.2 Å². The van der Waals surface area contributed by atoms with Gasteiger partial charge in [0.05, 0.1) is 10.6 Å². The molecule has 2 aromatic carbocycles. The molecule has 0 unspecified atom stereocenters. The quantitative estimate of drug-likeness (QED) is 0.674. The van der Waals surface area contributed by atoms with Crippen molar-refractivity contribution in [2.75, 3.05) is 16.7 Å². The molecule has 7 nitrogen and oxygen atoms in total. The number of sulfonamides is 1. The van der Waals surface area contributed by atoms with Gasteiger partial charge in [-0.25, -0.2) is 8.42 Å². The minimum Gasteiger partial charge on any atom is -0.321 e. The van der Waals surface area contributed by atoms with Crippen molar-refractivity contribution in [3.8, 4) is 0 Å². The van der Waals surface area contributed by atoms with E-state index in [-0.39, 0.29) is 10.8 Å². The number of nitrogens with zero attached hydrogens (tertiary/aromatic N) is 2. The molecule has 8 heteroatoms. The number of carbonyl (C=O) groups is 1. The molecule has 2 N–H and O–H groups in total. The number of anilines is 2. The number of rotatable bonds is 5. The van der Waals surface area contributed by atoms with Gasteiger partial charge in [-0.15, -0.1) is 0 Å². The summed E-state index contributed by atoms with van der Waals surface area (Å²) in [5.74, 6) is -0.338. The van der Waals surface area contributed by atoms with Crippen LogP contribution < -0.4 is 9.62 Å². The van der Waals surface area contributed by atoms with Gasteiger partial charge in [0.1, 0.15) is 0 Å². The Morgan fingerprint density at radius 2 is 1.83 bits per heavy atom. The molecule has 1 aliphatic rings. The van der Waals surface area contributed by atoms with Gasteiger partial charge in [0.25, 0.3) is 15.9 Å². The van der Waals surface area contributed by atoms with Crippen LogP contribution in [0.4, 0.5) is 11.4 Å². The van der Waals surface area contributed by atoms with Crippen LogP contribution in [0, 0.1) is 0 Å². The fourth-order valence-electron chi connectivity index (χ4n) is 3.53. The highest BCUT2D eigenvalue weighted by atomic mass is 32.2. The van der Waals surface area contributed by atoms with Gasteiger partial charge in [0.2, 0.25) is 0 Å². The second-order valence-corrected chi connectivity index (χ2v) is 9.00. The number of fused-ring (bicyclic) bond motifs is 1. The van der Waals surface area contributed by atoms with Gasteiger partial charge in [0.15, 0.2) is 5.69 Å². The van der Waals surface area contributed by atoms with Gasteiger partial charge < -0.3 is 5.32 Å². The third kappa shape index (κ3) is 3.75. The number of aromatic nitrogens is 2. The number of carbonyl (C=O) groups excluding carboxylic acids is 1. The molecule has 4 rings (SSSR count). The Hall–Kier alpha value is -3.13. The number of H-pyrrole nitrogens is 1. The number of amides is 1. The average Bonchev–Trinajstić information content (AvgIpc) is 3.18. The first kappa shape index (κ1) is 19.2. The molecule has 150 valence electrons. The number of aryl methyl sites for hydroxylation is 1. The van der Waals surface area contributed by atoms with Crippen LogP contribution in [0.5, 0.6) is 0 Å². The van der Waals surface area contributed by atoms with Crippen molar-refractivity contribution >= 4 is 27.3 Å². The van der Waals surface area contributed by atoms with E-state index in [0.29, 0.717) is 17.1 Å². The van der Waals surface area contributed by atoms with Gasteiger partial charge in [-0.05, 0) is 56.0 Å². The monoisotopic (exact) mass is 410 g/mol. The second kappa shape index (κ2) is 7.71. The molecule has 0 atom stereocenters. The fourth-order valence-corrected chi connectivity index (χ4v) is 4.77. The molecular weight excluding hydrogens is 388 g/mol. The largest absolute Gasteiger partial charge is 0.321 e. The topological polar surface area (TPSA) is 95.2 Å². The summed E-state index contributed by atoms with van der Waals surface area (Å²) in [4.78, 5) is 12.8. The maximum Gasteiger partial charge on any atom is 0.276 e. The molecule has 1 heterocycles. The van der Waals surface area contributed by atoms with E-state index in [4.69, 9.17) is 0 Å². The lowest BCUT2D eigenvalue weighted by Gasteiger charge is -2.20. The second-order valence-electron chi connectivity index (χ2n) is 7.03. The molecule has 0 fully saturated rings. The van der Waals surface area contributed by atoms with E-state index >= 15 is 0 Å². The van der Waals surface area contributed by atoms with E-state index in [1.807, 2.05) is 6.07 Å². The first-order chi connectivity index (χ1) is 14.0. The molecule has 3 aromatic rings. The number of para-hydroxylation sites is 1. The van der Waals surface area contributed by atoms with Crippen LogP contribution in [0.25, 0.3) is 0 Å². The van der Waals surface area contributed by atoms with Crippen LogP contribution in [-0.2, 0) is 22.9 Å². The van der Waals surface area contributed by atoms with Crippen molar-refractivity contribution in [3.63, 3.8) is 0 Å². The van der Waals surface area contributed by atoms with Crippen molar-refractivity contribution < 1.29 is 13.2 Å². The lowest BCUT2D eigenvalue weighted by molar-refractivity contribution is 0.102. The Bertz CT molecular complexity index is 1140. The van der Waals surface area contributed by atoms with E-state index in [1.165, 1.54) is 23.5 Å². The highest BCUT2D eigenvalue weighted by Crippen LogP contribution is 2.25. The Balaban J connectivity index is 1.57. The summed E-state index contributed by atoms with van der Waals surface area (Å²) < 4.78 is 27.2. The molecule has 0 bridgehead atoms.